The lowest BCUT2D eigenvalue weighted by Crippen LogP contribution is -2.17. The second-order valence-electron chi connectivity index (χ2n) is 4.89. The quantitative estimate of drug-likeness (QED) is 0.559. The molecule has 0 fully saturated rings. The predicted molar refractivity (Wildman–Crippen MR) is 69.6 cm³/mol. The molecular weight excluding hydrogens is 200 g/mol. The van der Waals surface area contributed by atoms with Crippen LogP contribution in [0.2, 0.25) is 0 Å². The first-order chi connectivity index (χ1) is 7.41. The van der Waals surface area contributed by atoms with Crippen LogP contribution in [-0.2, 0) is 9.47 Å². The fourth-order valence-electron chi connectivity index (χ4n) is 1.42. The zero-order chi connectivity index (χ0) is 12.6. The average molecular weight is 226 g/mol. The van der Waals surface area contributed by atoms with Crippen LogP contribution in [0, 0.1) is 5.92 Å². The fourth-order valence-corrected chi connectivity index (χ4v) is 1.42. The van der Waals surface area contributed by atoms with E-state index in [0.717, 1.165) is 24.2 Å². The molecule has 0 radical (unpaired) electrons. The minimum absolute atomic E-state index is 0.264. The second kappa shape index (κ2) is 8.54. The SMILES string of the molecule is C=C(C)COCC(C)CC(C)OCC(=C)C. The second-order valence-corrected chi connectivity index (χ2v) is 4.89. The maximum absolute atomic E-state index is 5.63. The van der Waals surface area contributed by atoms with Gasteiger partial charge in [0, 0.05) is 6.61 Å². The Labute approximate surface area is 100 Å². The van der Waals surface area contributed by atoms with E-state index in [4.69, 9.17) is 9.47 Å². The molecule has 2 nitrogen and oxygen atoms in total. The lowest BCUT2D eigenvalue weighted by molar-refractivity contribution is 0.0458. The Kier molecular flexibility index (Phi) is 8.22. The number of hydrogen-bond acceptors (Lipinski definition) is 2. The summed E-state index contributed by atoms with van der Waals surface area (Å²) >= 11 is 0. The van der Waals surface area contributed by atoms with Gasteiger partial charge in [0.15, 0.2) is 0 Å². The van der Waals surface area contributed by atoms with Gasteiger partial charge in [0.2, 0.25) is 0 Å². The molecule has 94 valence electrons. The van der Waals surface area contributed by atoms with Crippen LogP contribution >= 0.6 is 0 Å². The van der Waals surface area contributed by atoms with Crippen molar-refractivity contribution in [2.24, 2.45) is 5.92 Å². The summed E-state index contributed by atoms with van der Waals surface area (Å²) in [5, 5.41) is 0. The molecule has 0 saturated heterocycles. The highest BCUT2D eigenvalue weighted by atomic mass is 16.5. The molecule has 2 atom stereocenters. The maximum Gasteiger partial charge on any atom is 0.0675 e. The third-order valence-corrected chi connectivity index (χ3v) is 2.10. The first-order valence-electron chi connectivity index (χ1n) is 5.90. The number of hydrogen-bond donors (Lipinski definition) is 0. The summed E-state index contributed by atoms with van der Waals surface area (Å²) in [7, 11) is 0. The van der Waals surface area contributed by atoms with Crippen molar-refractivity contribution in [3.63, 3.8) is 0 Å². The van der Waals surface area contributed by atoms with E-state index >= 15 is 0 Å². The van der Waals surface area contributed by atoms with Gasteiger partial charge in [-0.3, -0.25) is 0 Å². The van der Waals surface area contributed by atoms with Gasteiger partial charge in [-0.1, -0.05) is 31.2 Å². The monoisotopic (exact) mass is 226 g/mol. The Balaban J connectivity index is 3.57. The standard InChI is InChI=1S/C14H26O2/c1-11(2)8-15-10-13(5)7-14(6)16-9-12(3)4/h13-14H,1,3,7-10H2,2,4-6H3. The van der Waals surface area contributed by atoms with Crippen molar-refractivity contribution in [2.75, 3.05) is 19.8 Å². The molecule has 0 bridgehead atoms. The van der Waals surface area contributed by atoms with Crippen molar-refractivity contribution in [3.8, 4) is 0 Å². The molecule has 0 aliphatic rings. The molecule has 0 spiro atoms. The van der Waals surface area contributed by atoms with Gasteiger partial charge in [-0.05, 0) is 33.1 Å². The van der Waals surface area contributed by atoms with Crippen molar-refractivity contribution in [2.45, 2.75) is 40.2 Å². The third kappa shape index (κ3) is 9.94. The van der Waals surface area contributed by atoms with E-state index in [-0.39, 0.29) is 6.10 Å². The van der Waals surface area contributed by atoms with E-state index < -0.39 is 0 Å². The third-order valence-electron chi connectivity index (χ3n) is 2.10. The van der Waals surface area contributed by atoms with Crippen molar-refractivity contribution in [3.05, 3.63) is 24.3 Å². The van der Waals surface area contributed by atoms with Crippen molar-refractivity contribution in [1.29, 1.82) is 0 Å². The van der Waals surface area contributed by atoms with E-state index in [1.807, 2.05) is 13.8 Å². The van der Waals surface area contributed by atoms with Crippen LogP contribution in [0.4, 0.5) is 0 Å². The normalized spacial score (nSPS) is 14.5. The molecule has 0 aliphatic carbocycles. The lowest BCUT2D eigenvalue weighted by Gasteiger charge is -2.18. The van der Waals surface area contributed by atoms with Gasteiger partial charge in [-0.25, -0.2) is 0 Å². The van der Waals surface area contributed by atoms with Gasteiger partial charge in [0.25, 0.3) is 0 Å². The predicted octanol–water partition coefficient (Wildman–Crippen LogP) is 3.59. The number of ether oxygens (including phenoxy) is 2. The molecule has 0 heterocycles. The molecule has 0 aromatic heterocycles. The van der Waals surface area contributed by atoms with Gasteiger partial charge in [0.05, 0.1) is 19.3 Å². The minimum atomic E-state index is 0.264. The van der Waals surface area contributed by atoms with Crippen LogP contribution in [0.1, 0.15) is 34.1 Å². The first kappa shape index (κ1) is 15.4. The molecule has 0 N–H and O–H groups in total. The van der Waals surface area contributed by atoms with Crippen molar-refractivity contribution >= 4 is 0 Å². The molecule has 2 unspecified atom stereocenters. The Morgan fingerprint density at radius 2 is 1.62 bits per heavy atom. The van der Waals surface area contributed by atoms with Crippen LogP contribution in [0.15, 0.2) is 24.3 Å². The Morgan fingerprint density at radius 3 is 2.12 bits per heavy atom. The van der Waals surface area contributed by atoms with Gasteiger partial charge >= 0.3 is 0 Å². The lowest BCUT2D eigenvalue weighted by atomic mass is 10.1. The number of rotatable bonds is 9. The van der Waals surface area contributed by atoms with E-state index in [9.17, 15) is 0 Å². The van der Waals surface area contributed by atoms with Gasteiger partial charge in [0.1, 0.15) is 0 Å². The summed E-state index contributed by atoms with van der Waals surface area (Å²) in [6.45, 7) is 17.9. The molecule has 0 aliphatic heterocycles. The largest absolute Gasteiger partial charge is 0.377 e. The van der Waals surface area contributed by atoms with Crippen molar-refractivity contribution in [1.82, 2.24) is 0 Å². The van der Waals surface area contributed by atoms with Gasteiger partial charge in [-0.15, -0.1) is 0 Å². The Morgan fingerprint density at radius 1 is 1.06 bits per heavy atom. The molecule has 0 rings (SSSR count). The fraction of sp³-hybridized carbons (Fsp3) is 0.714. The summed E-state index contributed by atoms with van der Waals surface area (Å²) in [5.41, 5.74) is 2.14. The van der Waals surface area contributed by atoms with Crippen LogP contribution in [-0.4, -0.2) is 25.9 Å². The average Bonchev–Trinajstić information content (AvgIpc) is 2.14. The molecule has 0 saturated carbocycles. The summed E-state index contributed by atoms with van der Waals surface area (Å²) < 4.78 is 11.1. The maximum atomic E-state index is 5.63. The highest BCUT2D eigenvalue weighted by Gasteiger charge is 2.09. The van der Waals surface area contributed by atoms with Crippen LogP contribution in [0.3, 0.4) is 0 Å². The van der Waals surface area contributed by atoms with E-state index in [2.05, 4.69) is 27.0 Å². The molecule has 0 aromatic carbocycles. The molecule has 0 amide bonds. The van der Waals surface area contributed by atoms with Crippen LogP contribution < -0.4 is 0 Å². The van der Waals surface area contributed by atoms with Crippen LogP contribution in [0.5, 0.6) is 0 Å². The van der Waals surface area contributed by atoms with Gasteiger partial charge in [-0.2, -0.15) is 0 Å². The molecule has 2 heteroatoms. The van der Waals surface area contributed by atoms with Gasteiger partial charge < -0.3 is 9.47 Å². The first-order valence-corrected chi connectivity index (χ1v) is 5.90. The van der Waals surface area contributed by atoms with Crippen molar-refractivity contribution < 1.29 is 9.47 Å². The summed E-state index contributed by atoms with van der Waals surface area (Å²) in [4.78, 5) is 0. The highest BCUT2D eigenvalue weighted by Crippen LogP contribution is 2.10. The van der Waals surface area contributed by atoms with E-state index in [1.54, 1.807) is 0 Å². The Hall–Kier alpha value is -0.600. The smallest absolute Gasteiger partial charge is 0.0675 e. The van der Waals surface area contributed by atoms with Crippen LogP contribution in [0.25, 0.3) is 0 Å². The molecular formula is C14H26O2. The van der Waals surface area contributed by atoms with E-state index in [0.29, 0.717) is 19.1 Å². The summed E-state index contributed by atoms with van der Waals surface area (Å²) in [6.07, 6.45) is 1.28. The Bertz CT molecular complexity index is 221. The summed E-state index contributed by atoms with van der Waals surface area (Å²) in [6, 6.07) is 0. The highest BCUT2D eigenvalue weighted by molar-refractivity contribution is 4.88. The zero-order valence-electron chi connectivity index (χ0n) is 11.2. The topological polar surface area (TPSA) is 18.5 Å². The van der Waals surface area contributed by atoms with E-state index in [1.165, 1.54) is 0 Å². The minimum Gasteiger partial charge on any atom is -0.377 e. The summed E-state index contributed by atoms with van der Waals surface area (Å²) in [5.74, 6) is 0.513. The molecule has 0 aromatic rings. The zero-order valence-corrected chi connectivity index (χ0v) is 11.2. The molecule has 16 heavy (non-hydrogen) atoms.